The van der Waals surface area contributed by atoms with Crippen LogP contribution in [0.15, 0.2) is 36.7 Å². The van der Waals surface area contributed by atoms with Gasteiger partial charge in [0.05, 0.1) is 16.9 Å². The summed E-state index contributed by atoms with van der Waals surface area (Å²) in [6.07, 6.45) is 4.44. The molecule has 0 amide bonds. The Morgan fingerprint density at radius 1 is 1.42 bits per heavy atom. The summed E-state index contributed by atoms with van der Waals surface area (Å²) in [5.74, 6) is -0.984. The summed E-state index contributed by atoms with van der Waals surface area (Å²) in [5.41, 5.74) is 6.91. The minimum atomic E-state index is -0.984. The molecule has 0 saturated carbocycles. The van der Waals surface area contributed by atoms with Crippen LogP contribution in [0, 0.1) is 0 Å². The van der Waals surface area contributed by atoms with Crippen LogP contribution in [0.1, 0.15) is 16.8 Å². The van der Waals surface area contributed by atoms with Crippen LogP contribution in [-0.2, 0) is 6.54 Å². The van der Waals surface area contributed by atoms with Crippen molar-refractivity contribution >= 4 is 17.3 Å². The lowest BCUT2D eigenvalue weighted by molar-refractivity contribution is 0.0698. The number of aromatic carboxylic acids is 1. The van der Waals surface area contributed by atoms with Crippen LogP contribution in [0.25, 0.3) is 0 Å². The molecule has 0 spiro atoms. The topological polar surface area (TPSA) is 93.2 Å². The van der Waals surface area contributed by atoms with Gasteiger partial charge in [-0.2, -0.15) is 5.10 Å². The Labute approximate surface area is 110 Å². The molecule has 1 aromatic carbocycles. The van der Waals surface area contributed by atoms with Gasteiger partial charge in [-0.05, 0) is 24.6 Å². The van der Waals surface area contributed by atoms with Gasteiger partial charge in [-0.1, -0.05) is 6.07 Å². The molecule has 0 aliphatic heterocycles. The molecule has 6 nitrogen and oxygen atoms in total. The molecule has 0 bridgehead atoms. The van der Waals surface area contributed by atoms with Crippen LogP contribution < -0.4 is 11.1 Å². The number of hydrogen-bond donors (Lipinski definition) is 3. The van der Waals surface area contributed by atoms with Gasteiger partial charge in [-0.15, -0.1) is 0 Å². The fraction of sp³-hybridized carbons (Fsp3) is 0.231. The van der Waals surface area contributed by atoms with E-state index in [1.54, 1.807) is 18.3 Å². The zero-order valence-electron chi connectivity index (χ0n) is 10.4. The zero-order valence-corrected chi connectivity index (χ0v) is 10.4. The standard InChI is InChI=1S/C13H16N4O2/c14-11-5-1-4-10(13(18)19)12(11)15-6-2-8-17-9-3-7-16-17/h1,3-5,7,9,15H,2,6,8,14H2,(H,18,19). The van der Waals surface area contributed by atoms with E-state index >= 15 is 0 Å². The highest BCUT2D eigenvalue weighted by atomic mass is 16.4. The van der Waals surface area contributed by atoms with Gasteiger partial charge < -0.3 is 16.2 Å². The molecular formula is C13H16N4O2. The molecular weight excluding hydrogens is 244 g/mol. The van der Waals surface area contributed by atoms with E-state index in [0.717, 1.165) is 13.0 Å². The van der Waals surface area contributed by atoms with Gasteiger partial charge >= 0.3 is 5.97 Å². The predicted octanol–water partition coefficient (Wildman–Crippen LogP) is 1.67. The molecule has 0 atom stereocenters. The minimum absolute atomic E-state index is 0.194. The first-order valence-electron chi connectivity index (χ1n) is 6.01. The fourth-order valence-electron chi connectivity index (χ4n) is 1.83. The first-order chi connectivity index (χ1) is 9.18. The van der Waals surface area contributed by atoms with Crippen molar-refractivity contribution in [1.29, 1.82) is 0 Å². The van der Waals surface area contributed by atoms with Gasteiger partial charge in [0.1, 0.15) is 0 Å². The quantitative estimate of drug-likeness (QED) is 0.542. The molecule has 0 radical (unpaired) electrons. The number of rotatable bonds is 6. The van der Waals surface area contributed by atoms with Gasteiger partial charge in [0, 0.05) is 25.5 Å². The molecule has 1 heterocycles. The number of anilines is 2. The number of benzene rings is 1. The number of nitrogen functional groups attached to an aromatic ring is 1. The molecule has 2 rings (SSSR count). The number of carbonyl (C=O) groups is 1. The van der Waals surface area contributed by atoms with E-state index in [2.05, 4.69) is 10.4 Å². The van der Waals surface area contributed by atoms with E-state index in [4.69, 9.17) is 10.8 Å². The van der Waals surface area contributed by atoms with Gasteiger partial charge in [0.15, 0.2) is 0 Å². The molecule has 0 aliphatic carbocycles. The summed E-state index contributed by atoms with van der Waals surface area (Å²) in [5, 5.41) is 16.3. The number of nitrogens with zero attached hydrogens (tertiary/aromatic N) is 2. The van der Waals surface area contributed by atoms with Gasteiger partial charge in [-0.25, -0.2) is 4.79 Å². The predicted molar refractivity (Wildman–Crippen MR) is 73.1 cm³/mol. The Morgan fingerprint density at radius 3 is 2.95 bits per heavy atom. The van der Waals surface area contributed by atoms with Gasteiger partial charge in [0.25, 0.3) is 0 Å². The Bertz CT molecular complexity index is 552. The lowest BCUT2D eigenvalue weighted by atomic mass is 10.1. The van der Waals surface area contributed by atoms with E-state index in [-0.39, 0.29) is 5.56 Å². The van der Waals surface area contributed by atoms with Crippen LogP contribution in [0.3, 0.4) is 0 Å². The van der Waals surface area contributed by atoms with Crippen molar-refractivity contribution in [3.8, 4) is 0 Å². The summed E-state index contributed by atoms with van der Waals surface area (Å²) in [6, 6.07) is 6.72. The highest BCUT2D eigenvalue weighted by Gasteiger charge is 2.11. The number of carboxylic acids is 1. The smallest absolute Gasteiger partial charge is 0.337 e. The Kier molecular flexibility index (Phi) is 4.02. The first kappa shape index (κ1) is 12.9. The number of carboxylic acid groups (broad SMARTS) is 1. The second-order valence-electron chi connectivity index (χ2n) is 4.12. The van der Waals surface area contributed by atoms with Crippen molar-refractivity contribution in [1.82, 2.24) is 9.78 Å². The van der Waals surface area contributed by atoms with Gasteiger partial charge in [0.2, 0.25) is 0 Å². The van der Waals surface area contributed by atoms with Crippen molar-refractivity contribution in [3.63, 3.8) is 0 Å². The molecule has 2 aromatic rings. The number of aryl methyl sites for hydroxylation is 1. The normalized spacial score (nSPS) is 10.3. The average molecular weight is 260 g/mol. The minimum Gasteiger partial charge on any atom is -0.478 e. The van der Waals surface area contributed by atoms with Crippen LogP contribution in [-0.4, -0.2) is 27.4 Å². The Morgan fingerprint density at radius 2 is 2.26 bits per heavy atom. The maximum atomic E-state index is 11.1. The highest BCUT2D eigenvalue weighted by molar-refractivity contribution is 5.97. The molecule has 6 heteroatoms. The number of nitrogens with one attached hydrogen (secondary N) is 1. The number of para-hydroxylation sites is 1. The van der Waals surface area contributed by atoms with Crippen LogP contribution in [0.5, 0.6) is 0 Å². The summed E-state index contributed by atoms with van der Waals surface area (Å²) in [7, 11) is 0. The molecule has 1 aromatic heterocycles. The second kappa shape index (κ2) is 5.90. The third-order valence-electron chi connectivity index (χ3n) is 2.75. The van der Waals surface area contributed by atoms with Crippen molar-refractivity contribution in [2.45, 2.75) is 13.0 Å². The third kappa shape index (κ3) is 3.25. The molecule has 19 heavy (non-hydrogen) atoms. The monoisotopic (exact) mass is 260 g/mol. The lowest BCUT2D eigenvalue weighted by Gasteiger charge is -2.12. The number of nitrogens with two attached hydrogens (primary N) is 1. The molecule has 100 valence electrons. The fourth-order valence-corrected chi connectivity index (χ4v) is 1.83. The molecule has 0 fully saturated rings. The Balaban J connectivity index is 1.93. The van der Waals surface area contributed by atoms with Crippen molar-refractivity contribution in [3.05, 3.63) is 42.2 Å². The SMILES string of the molecule is Nc1cccc(C(=O)O)c1NCCCn1cccn1. The number of hydrogen-bond acceptors (Lipinski definition) is 4. The van der Waals surface area contributed by atoms with Crippen molar-refractivity contribution in [2.75, 3.05) is 17.6 Å². The van der Waals surface area contributed by atoms with Crippen molar-refractivity contribution in [2.24, 2.45) is 0 Å². The largest absolute Gasteiger partial charge is 0.478 e. The van der Waals surface area contributed by atoms with E-state index < -0.39 is 5.97 Å². The molecule has 0 aliphatic rings. The molecule has 0 saturated heterocycles. The van der Waals surface area contributed by atoms with E-state index in [0.29, 0.717) is 17.9 Å². The molecule has 4 N–H and O–H groups in total. The lowest BCUT2D eigenvalue weighted by Crippen LogP contribution is -2.12. The van der Waals surface area contributed by atoms with Crippen LogP contribution in [0.2, 0.25) is 0 Å². The zero-order chi connectivity index (χ0) is 13.7. The first-order valence-corrected chi connectivity index (χ1v) is 6.01. The van der Waals surface area contributed by atoms with Crippen LogP contribution in [0.4, 0.5) is 11.4 Å². The van der Waals surface area contributed by atoms with Crippen molar-refractivity contribution < 1.29 is 9.90 Å². The summed E-state index contributed by atoms with van der Waals surface area (Å²) in [6.45, 7) is 1.41. The van der Waals surface area contributed by atoms with E-state index in [1.165, 1.54) is 6.07 Å². The van der Waals surface area contributed by atoms with E-state index in [9.17, 15) is 4.79 Å². The van der Waals surface area contributed by atoms with Gasteiger partial charge in [-0.3, -0.25) is 4.68 Å². The average Bonchev–Trinajstić information content (AvgIpc) is 2.88. The highest BCUT2D eigenvalue weighted by Crippen LogP contribution is 2.23. The molecule has 0 unspecified atom stereocenters. The Hall–Kier alpha value is -2.50. The maximum Gasteiger partial charge on any atom is 0.337 e. The number of aromatic nitrogens is 2. The second-order valence-corrected chi connectivity index (χ2v) is 4.12. The summed E-state index contributed by atoms with van der Waals surface area (Å²) >= 11 is 0. The maximum absolute atomic E-state index is 11.1. The summed E-state index contributed by atoms with van der Waals surface area (Å²) in [4.78, 5) is 11.1. The van der Waals surface area contributed by atoms with Crippen LogP contribution >= 0.6 is 0 Å². The van der Waals surface area contributed by atoms with E-state index in [1.807, 2.05) is 16.9 Å². The third-order valence-corrected chi connectivity index (χ3v) is 2.75. The summed E-state index contributed by atoms with van der Waals surface area (Å²) < 4.78 is 1.83.